The van der Waals surface area contributed by atoms with Crippen LogP contribution in [0.1, 0.15) is 12.8 Å². The van der Waals surface area contributed by atoms with E-state index in [9.17, 15) is 5.11 Å². The predicted molar refractivity (Wildman–Crippen MR) is 83.6 cm³/mol. The van der Waals surface area contributed by atoms with Crippen LogP contribution >= 0.6 is 12.4 Å². The molecule has 1 aromatic carbocycles. The van der Waals surface area contributed by atoms with Crippen molar-refractivity contribution in [3.8, 4) is 11.5 Å². The Morgan fingerprint density at radius 1 is 1.33 bits per heavy atom. The van der Waals surface area contributed by atoms with Crippen LogP contribution in [0.4, 0.5) is 0 Å². The summed E-state index contributed by atoms with van der Waals surface area (Å²) in [6, 6.07) is 7.81. The summed E-state index contributed by atoms with van der Waals surface area (Å²) in [5, 5.41) is 13.3. The average molecular weight is 318 g/mol. The van der Waals surface area contributed by atoms with Crippen molar-refractivity contribution in [2.24, 2.45) is 0 Å². The first kappa shape index (κ1) is 18.0. The minimum absolute atomic E-state index is 0. The fourth-order valence-electron chi connectivity index (χ4n) is 2.15. The molecule has 2 rings (SSSR count). The lowest BCUT2D eigenvalue weighted by Gasteiger charge is -2.24. The number of aliphatic hydroxyl groups is 1. The summed E-state index contributed by atoms with van der Waals surface area (Å²) >= 11 is 0. The molecular formula is C15H24ClNO4. The van der Waals surface area contributed by atoms with Gasteiger partial charge in [-0.15, -0.1) is 12.4 Å². The molecule has 0 spiro atoms. The summed E-state index contributed by atoms with van der Waals surface area (Å²) in [5.74, 6) is 1.45. The smallest absolute Gasteiger partial charge is 0.123 e. The number of ether oxygens (including phenoxy) is 3. The monoisotopic (exact) mass is 317 g/mol. The number of hydrogen-bond acceptors (Lipinski definition) is 5. The second kappa shape index (κ2) is 9.84. The highest BCUT2D eigenvalue weighted by Gasteiger charge is 2.14. The van der Waals surface area contributed by atoms with Crippen molar-refractivity contribution in [2.45, 2.75) is 25.0 Å². The first-order chi connectivity index (χ1) is 9.78. The molecule has 1 aliphatic heterocycles. The van der Waals surface area contributed by atoms with Gasteiger partial charge in [0.15, 0.2) is 0 Å². The molecule has 0 amide bonds. The lowest BCUT2D eigenvalue weighted by Crippen LogP contribution is -2.40. The molecule has 1 fully saturated rings. The Morgan fingerprint density at radius 3 is 2.76 bits per heavy atom. The van der Waals surface area contributed by atoms with Crippen molar-refractivity contribution < 1.29 is 19.3 Å². The van der Waals surface area contributed by atoms with Crippen LogP contribution in [0.5, 0.6) is 11.5 Å². The molecule has 120 valence electrons. The van der Waals surface area contributed by atoms with Gasteiger partial charge in [-0.3, -0.25) is 0 Å². The van der Waals surface area contributed by atoms with Crippen LogP contribution in [0, 0.1) is 0 Å². The molecule has 0 bridgehead atoms. The molecule has 0 radical (unpaired) electrons. The van der Waals surface area contributed by atoms with Gasteiger partial charge < -0.3 is 24.6 Å². The molecule has 1 aromatic rings. The number of benzene rings is 1. The van der Waals surface area contributed by atoms with Gasteiger partial charge in [0.05, 0.1) is 7.11 Å². The summed E-state index contributed by atoms with van der Waals surface area (Å²) in [7, 11) is 1.62. The van der Waals surface area contributed by atoms with E-state index in [4.69, 9.17) is 14.2 Å². The summed E-state index contributed by atoms with van der Waals surface area (Å²) < 4.78 is 16.0. The number of halogens is 1. The maximum atomic E-state index is 9.92. The number of methoxy groups -OCH3 is 1. The summed E-state index contributed by atoms with van der Waals surface area (Å²) in [4.78, 5) is 0. The van der Waals surface area contributed by atoms with Gasteiger partial charge in [0.25, 0.3) is 0 Å². The van der Waals surface area contributed by atoms with Crippen molar-refractivity contribution in [1.82, 2.24) is 5.32 Å². The van der Waals surface area contributed by atoms with Crippen molar-refractivity contribution >= 4 is 12.4 Å². The molecule has 0 aliphatic carbocycles. The quantitative estimate of drug-likeness (QED) is 0.800. The van der Waals surface area contributed by atoms with Gasteiger partial charge in [-0.1, -0.05) is 6.07 Å². The molecule has 1 saturated heterocycles. The second-order valence-electron chi connectivity index (χ2n) is 4.94. The second-order valence-corrected chi connectivity index (χ2v) is 4.94. The molecule has 6 heteroatoms. The third-order valence-corrected chi connectivity index (χ3v) is 3.35. The maximum absolute atomic E-state index is 9.92. The maximum Gasteiger partial charge on any atom is 0.123 e. The lowest BCUT2D eigenvalue weighted by molar-refractivity contribution is 0.0654. The van der Waals surface area contributed by atoms with E-state index in [1.807, 2.05) is 18.2 Å². The molecular weight excluding hydrogens is 294 g/mol. The van der Waals surface area contributed by atoms with Gasteiger partial charge in [0.1, 0.15) is 24.2 Å². The Morgan fingerprint density at radius 2 is 2.05 bits per heavy atom. The van der Waals surface area contributed by atoms with Crippen LogP contribution < -0.4 is 14.8 Å². The standard InChI is InChI=1S/C15H23NO4.ClH/c1-18-14-3-2-4-15(9-14)20-11-13(17)10-16-12-5-7-19-8-6-12;/h2-4,9,12-13,16-17H,5-8,10-11H2,1H3;1H. The summed E-state index contributed by atoms with van der Waals surface area (Å²) in [6.45, 7) is 2.40. The fraction of sp³-hybridized carbons (Fsp3) is 0.600. The van der Waals surface area contributed by atoms with E-state index >= 15 is 0 Å². The van der Waals surface area contributed by atoms with Gasteiger partial charge in [-0.25, -0.2) is 0 Å². The minimum Gasteiger partial charge on any atom is -0.497 e. The highest BCUT2D eigenvalue weighted by molar-refractivity contribution is 5.85. The Kier molecular flexibility index (Phi) is 8.45. The van der Waals surface area contributed by atoms with Gasteiger partial charge >= 0.3 is 0 Å². The molecule has 5 nitrogen and oxygen atoms in total. The average Bonchev–Trinajstić information content (AvgIpc) is 2.52. The van der Waals surface area contributed by atoms with E-state index in [2.05, 4.69) is 5.32 Å². The van der Waals surface area contributed by atoms with E-state index in [-0.39, 0.29) is 19.0 Å². The van der Waals surface area contributed by atoms with E-state index in [1.54, 1.807) is 13.2 Å². The van der Waals surface area contributed by atoms with Crippen LogP contribution in [-0.2, 0) is 4.74 Å². The number of aliphatic hydroxyl groups excluding tert-OH is 1. The number of hydrogen-bond donors (Lipinski definition) is 2. The fourth-order valence-corrected chi connectivity index (χ4v) is 2.15. The molecule has 1 atom stereocenters. The Bertz CT molecular complexity index is 399. The van der Waals surface area contributed by atoms with Gasteiger partial charge in [0.2, 0.25) is 0 Å². The van der Waals surface area contributed by atoms with Crippen LogP contribution in [0.2, 0.25) is 0 Å². The van der Waals surface area contributed by atoms with E-state index in [1.165, 1.54) is 0 Å². The molecule has 21 heavy (non-hydrogen) atoms. The van der Waals surface area contributed by atoms with Gasteiger partial charge in [-0.2, -0.15) is 0 Å². The normalized spacial score (nSPS) is 16.9. The lowest BCUT2D eigenvalue weighted by atomic mass is 10.1. The predicted octanol–water partition coefficient (Wildman–Crippen LogP) is 1.63. The van der Waals surface area contributed by atoms with Crippen molar-refractivity contribution in [1.29, 1.82) is 0 Å². The van der Waals surface area contributed by atoms with E-state index in [0.717, 1.165) is 31.8 Å². The summed E-state index contributed by atoms with van der Waals surface area (Å²) in [5.41, 5.74) is 0. The van der Waals surface area contributed by atoms with E-state index in [0.29, 0.717) is 18.3 Å². The minimum atomic E-state index is -0.524. The Hall–Kier alpha value is -1.01. The van der Waals surface area contributed by atoms with Gasteiger partial charge in [-0.05, 0) is 25.0 Å². The zero-order chi connectivity index (χ0) is 14.2. The molecule has 2 N–H and O–H groups in total. The van der Waals surface area contributed by atoms with Crippen LogP contribution in [0.3, 0.4) is 0 Å². The molecule has 1 heterocycles. The third-order valence-electron chi connectivity index (χ3n) is 3.35. The van der Waals surface area contributed by atoms with Gasteiger partial charge in [0, 0.05) is 31.9 Å². The zero-order valence-corrected chi connectivity index (χ0v) is 13.1. The zero-order valence-electron chi connectivity index (χ0n) is 12.3. The SMILES string of the molecule is COc1cccc(OCC(O)CNC2CCOCC2)c1.Cl. The van der Waals surface area contributed by atoms with Crippen LogP contribution in [0.15, 0.2) is 24.3 Å². The van der Waals surface area contributed by atoms with E-state index < -0.39 is 6.10 Å². The highest BCUT2D eigenvalue weighted by atomic mass is 35.5. The molecule has 0 saturated carbocycles. The van der Waals surface area contributed by atoms with Crippen molar-refractivity contribution in [2.75, 3.05) is 33.5 Å². The molecule has 0 aromatic heterocycles. The largest absolute Gasteiger partial charge is 0.497 e. The first-order valence-electron chi connectivity index (χ1n) is 7.04. The van der Waals surface area contributed by atoms with Crippen LogP contribution in [0.25, 0.3) is 0 Å². The highest BCUT2D eigenvalue weighted by Crippen LogP contribution is 2.18. The first-order valence-corrected chi connectivity index (χ1v) is 7.04. The topological polar surface area (TPSA) is 60.0 Å². The third kappa shape index (κ3) is 6.52. The summed E-state index contributed by atoms with van der Waals surface area (Å²) in [6.07, 6.45) is 1.48. The van der Waals surface area contributed by atoms with Crippen molar-refractivity contribution in [3.05, 3.63) is 24.3 Å². The van der Waals surface area contributed by atoms with Crippen molar-refractivity contribution in [3.63, 3.8) is 0 Å². The Balaban J connectivity index is 0.00000220. The molecule has 1 unspecified atom stereocenters. The Labute approximate surface area is 132 Å². The molecule has 1 aliphatic rings. The number of nitrogens with one attached hydrogen (secondary N) is 1. The van der Waals surface area contributed by atoms with Crippen LogP contribution in [-0.4, -0.2) is 50.7 Å². The number of rotatable bonds is 7.